The van der Waals surface area contributed by atoms with Gasteiger partial charge in [-0.3, -0.25) is 4.79 Å². The molecule has 1 heterocycles. The Morgan fingerprint density at radius 2 is 2.00 bits per heavy atom. The van der Waals surface area contributed by atoms with Gasteiger partial charge in [-0.05, 0) is 5.41 Å². The highest BCUT2D eigenvalue weighted by Gasteiger charge is 2.42. The molecule has 2 N–H and O–H groups in total. The Hall–Kier alpha value is -0.710. The van der Waals surface area contributed by atoms with E-state index in [-0.39, 0.29) is 18.9 Å². The molecule has 0 radical (unpaired) electrons. The van der Waals surface area contributed by atoms with Gasteiger partial charge in [0.2, 0.25) is 5.91 Å². The lowest BCUT2D eigenvalue weighted by atomic mass is 9.86. The van der Waals surface area contributed by atoms with Gasteiger partial charge in [0, 0.05) is 13.0 Å². The Balaban J connectivity index is 2.64. The molecule has 0 aromatic rings. The first-order valence-electron chi connectivity index (χ1n) is 5.06. The highest BCUT2D eigenvalue weighted by Crippen LogP contribution is 2.28. The molecule has 5 heteroatoms. The van der Waals surface area contributed by atoms with Crippen LogP contribution in [0.3, 0.4) is 0 Å². The number of carbonyl (C=O) groups excluding carboxylic acids is 1. The molecule has 1 atom stereocenters. The number of nitrogens with zero attached hydrogens (tertiary/aromatic N) is 1. The fraction of sp³-hybridized carbons (Fsp3) is 0.900. The summed E-state index contributed by atoms with van der Waals surface area (Å²) in [6.45, 7) is 5.09. The SMILES string of the molecule is CC(C)(C)C(N)C(=O)N1CCC(F)(F)C1. The average Bonchev–Trinajstić information content (AvgIpc) is 2.42. The number of carbonyl (C=O) groups is 1. The van der Waals surface area contributed by atoms with Crippen LogP contribution in [-0.4, -0.2) is 35.9 Å². The van der Waals surface area contributed by atoms with Gasteiger partial charge in [0.15, 0.2) is 0 Å². The molecule has 0 aromatic carbocycles. The summed E-state index contributed by atoms with van der Waals surface area (Å²) in [5.74, 6) is -3.12. The largest absolute Gasteiger partial charge is 0.335 e. The molecule has 0 saturated carbocycles. The fourth-order valence-corrected chi connectivity index (χ4v) is 1.49. The van der Waals surface area contributed by atoms with Gasteiger partial charge in [0.1, 0.15) is 0 Å². The van der Waals surface area contributed by atoms with Crippen LogP contribution in [0.5, 0.6) is 0 Å². The zero-order valence-electron chi connectivity index (χ0n) is 9.39. The first-order valence-corrected chi connectivity index (χ1v) is 5.06. The maximum Gasteiger partial charge on any atom is 0.267 e. The third-order valence-electron chi connectivity index (χ3n) is 2.68. The maximum atomic E-state index is 12.9. The average molecular weight is 220 g/mol. The zero-order valence-corrected chi connectivity index (χ0v) is 9.39. The molecule has 1 aliphatic heterocycles. The van der Waals surface area contributed by atoms with Crippen LogP contribution in [0, 0.1) is 5.41 Å². The van der Waals surface area contributed by atoms with Gasteiger partial charge in [0.25, 0.3) is 5.92 Å². The third kappa shape index (κ3) is 2.87. The molecular weight excluding hydrogens is 202 g/mol. The van der Waals surface area contributed by atoms with Crippen LogP contribution >= 0.6 is 0 Å². The summed E-state index contributed by atoms with van der Waals surface area (Å²) in [4.78, 5) is 12.9. The van der Waals surface area contributed by atoms with E-state index in [1.807, 2.05) is 20.8 Å². The summed E-state index contributed by atoms with van der Waals surface area (Å²) in [5.41, 5.74) is 5.33. The Morgan fingerprint density at radius 1 is 1.47 bits per heavy atom. The predicted molar refractivity (Wildman–Crippen MR) is 53.6 cm³/mol. The first-order chi connectivity index (χ1) is 6.63. The molecule has 3 nitrogen and oxygen atoms in total. The van der Waals surface area contributed by atoms with Crippen molar-refractivity contribution in [2.75, 3.05) is 13.1 Å². The lowest BCUT2D eigenvalue weighted by Gasteiger charge is -2.29. The predicted octanol–water partition coefficient (Wildman–Crippen LogP) is 1.23. The highest BCUT2D eigenvalue weighted by molar-refractivity contribution is 5.82. The maximum absolute atomic E-state index is 12.9. The molecular formula is C10H18F2N2O. The van der Waals surface area contributed by atoms with Crippen molar-refractivity contribution in [2.45, 2.75) is 39.2 Å². The van der Waals surface area contributed by atoms with E-state index < -0.39 is 23.9 Å². The molecule has 1 amide bonds. The van der Waals surface area contributed by atoms with Gasteiger partial charge >= 0.3 is 0 Å². The van der Waals surface area contributed by atoms with Crippen LogP contribution in [0.2, 0.25) is 0 Å². The molecule has 88 valence electrons. The molecule has 1 unspecified atom stereocenters. The monoisotopic (exact) mass is 220 g/mol. The Labute approximate surface area is 88.6 Å². The van der Waals surface area contributed by atoms with E-state index in [2.05, 4.69) is 0 Å². The number of hydrogen-bond donors (Lipinski definition) is 1. The van der Waals surface area contributed by atoms with Gasteiger partial charge in [0.05, 0.1) is 12.6 Å². The Morgan fingerprint density at radius 3 is 2.33 bits per heavy atom. The topological polar surface area (TPSA) is 46.3 Å². The van der Waals surface area contributed by atoms with Crippen molar-refractivity contribution in [3.8, 4) is 0 Å². The first kappa shape index (κ1) is 12.4. The second-order valence-corrected chi connectivity index (χ2v) is 5.21. The second kappa shape index (κ2) is 3.70. The molecule has 0 bridgehead atoms. The molecule has 1 rings (SSSR count). The van der Waals surface area contributed by atoms with Crippen LogP contribution in [-0.2, 0) is 4.79 Å². The third-order valence-corrected chi connectivity index (χ3v) is 2.68. The smallest absolute Gasteiger partial charge is 0.267 e. The van der Waals surface area contributed by atoms with Gasteiger partial charge in [-0.2, -0.15) is 0 Å². The number of amides is 1. The van der Waals surface area contributed by atoms with Crippen molar-refractivity contribution in [1.82, 2.24) is 4.90 Å². The molecule has 1 saturated heterocycles. The van der Waals surface area contributed by atoms with Crippen LogP contribution < -0.4 is 5.73 Å². The molecule has 15 heavy (non-hydrogen) atoms. The van der Waals surface area contributed by atoms with Crippen LogP contribution in [0.15, 0.2) is 0 Å². The van der Waals surface area contributed by atoms with E-state index >= 15 is 0 Å². The van der Waals surface area contributed by atoms with E-state index in [0.29, 0.717) is 0 Å². The molecule has 0 aliphatic carbocycles. The number of likely N-dealkylation sites (tertiary alicyclic amines) is 1. The molecule has 0 aromatic heterocycles. The fourth-order valence-electron chi connectivity index (χ4n) is 1.49. The second-order valence-electron chi connectivity index (χ2n) is 5.21. The number of halogens is 2. The van der Waals surface area contributed by atoms with Gasteiger partial charge in [-0.1, -0.05) is 20.8 Å². The van der Waals surface area contributed by atoms with E-state index in [4.69, 9.17) is 5.73 Å². The summed E-state index contributed by atoms with van der Waals surface area (Å²) >= 11 is 0. The standard InChI is InChI=1S/C10H18F2N2O/c1-9(2,3)7(13)8(15)14-5-4-10(11,12)6-14/h7H,4-6,13H2,1-3H3. The van der Waals surface area contributed by atoms with Gasteiger partial charge in [-0.25, -0.2) is 8.78 Å². The van der Waals surface area contributed by atoms with Crippen molar-refractivity contribution < 1.29 is 13.6 Å². The van der Waals surface area contributed by atoms with Crippen LogP contribution in [0.25, 0.3) is 0 Å². The van der Waals surface area contributed by atoms with Crippen molar-refractivity contribution in [3.63, 3.8) is 0 Å². The van der Waals surface area contributed by atoms with Crippen molar-refractivity contribution in [1.29, 1.82) is 0 Å². The quantitative estimate of drug-likeness (QED) is 0.722. The number of nitrogens with two attached hydrogens (primary N) is 1. The molecule has 0 spiro atoms. The Kier molecular flexibility index (Phi) is 3.05. The van der Waals surface area contributed by atoms with Gasteiger partial charge in [-0.15, -0.1) is 0 Å². The zero-order chi connectivity index (χ0) is 11.9. The highest BCUT2D eigenvalue weighted by atomic mass is 19.3. The van der Waals surface area contributed by atoms with Crippen LogP contribution in [0.4, 0.5) is 8.78 Å². The minimum absolute atomic E-state index is 0.107. The number of rotatable bonds is 1. The summed E-state index contributed by atoms with van der Waals surface area (Å²) in [6, 6.07) is -0.716. The lowest BCUT2D eigenvalue weighted by Crippen LogP contribution is -2.50. The van der Waals surface area contributed by atoms with E-state index in [0.717, 1.165) is 4.90 Å². The summed E-state index contributed by atoms with van der Waals surface area (Å²) in [6.07, 6.45) is -0.254. The normalized spacial score (nSPS) is 22.9. The summed E-state index contributed by atoms with van der Waals surface area (Å²) < 4.78 is 25.8. The van der Waals surface area contributed by atoms with E-state index in [1.165, 1.54) is 0 Å². The number of alkyl halides is 2. The summed E-state index contributed by atoms with van der Waals surface area (Å²) in [5, 5.41) is 0. The Bertz CT molecular complexity index is 261. The lowest BCUT2D eigenvalue weighted by molar-refractivity contribution is -0.135. The van der Waals surface area contributed by atoms with Crippen LogP contribution in [0.1, 0.15) is 27.2 Å². The van der Waals surface area contributed by atoms with Gasteiger partial charge < -0.3 is 10.6 Å². The minimum atomic E-state index is -2.74. The minimum Gasteiger partial charge on any atom is -0.335 e. The molecule has 1 aliphatic rings. The summed E-state index contributed by atoms with van der Waals surface area (Å²) in [7, 11) is 0. The van der Waals surface area contributed by atoms with Crippen molar-refractivity contribution >= 4 is 5.91 Å². The van der Waals surface area contributed by atoms with E-state index in [9.17, 15) is 13.6 Å². The van der Waals surface area contributed by atoms with Crippen molar-refractivity contribution in [2.24, 2.45) is 11.1 Å². The number of hydrogen-bond acceptors (Lipinski definition) is 2. The van der Waals surface area contributed by atoms with E-state index in [1.54, 1.807) is 0 Å². The van der Waals surface area contributed by atoms with Crippen molar-refractivity contribution in [3.05, 3.63) is 0 Å². The molecule has 1 fully saturated rings.